The van der Waals surface area contributed by atoms with Gasteiger partial charge < -0.3 is 0 Å². The molecule has 0 atom stereocenters. The van der Waals surface area contributed by atoms with Gasteiger partial charge in [0.15, 0.2) is 0 Å². The van der Waals surface area contributed by atoms with Crippen LogP contribution in [0.25, 0.3) is 0 Å². The Morgan fingerprint density at radius 3 is 1.69 bits per heavy atom. The Kier molecular flexibility index (Phi) is 9.94. The molecular formula is C30H26N4O6S2. The van der Waals surface area contributed by atoms with E-state index < -0.39 is 21.7 Å². The molecule has 0 aliphatic heterocycles. The lowest BCUT2D eigenvalue weighted by atomic mass is 10.1. The number of benzene rings is 4. The summed E-state index contributed by atoms with van der Waals surface area (Å²) >= 11 is 2.56. The average Bonchev–Trinajstić information content (AvgIpc) is 2.98. The standard InChI is InChI=1S/C30H26N4O6S2/c1-19-7-9-21(10-8-19)17-41-27-13-11-22(15-25(27)33(37)38)29(35)31-32-30(36)23-12-14-28(26(16-23)34(39)40)42-18-24-6-4-3-5-20(24)2/h3-16H,17-18H2,1-2H3,(H,31,35)(H,32,36). The minimum absolute atomic E-state index is 0.0314. The average molecular weight is 603 g/mol. The van der Waals surface area contributed by atoms with Gasteiger partial charge in [-0.15, -0.1) is 23.5 Å². The predicted molar refractivity (Wildman–Crippen MR) is 163 cm³/mol. The highest BCUT2D eigenvalue weighted by atomic mass is 32.2. The van der Waals surface area contributed by atoms with Gasteiger partial charge in [-0.2, -0.15) is 0 Å². The monoisotopic (exact) mass is 602 g/mol. The first-order valence-corrected chi connectivity index (χ1v) is 14.6. The van der Waals surface area contributed by atoms with Crippen molar-refractivity contribution in [3.63, 3.8) is 0 Å². The summed E-state index contributed by atoms with van der Waals surface area (Å²) in [7, 11) is 0. The third kappa shape index (κ3) is 7.74. The van der Waals surface area contributed by atoms with Gasteiger partial charge in [0.05, 0.1) is 19.6 Å². The minimum atomic E-state index is -0.776. The molecule has 0 heterocycles. The van der Waals surface area contributed by atoms with Crippen LogP contribution in [0.1, 0.15) is 43.0 Å². The summed E-state index contributed by atoms with van der Waals surface area (Å²) in [6, 6.07) is 23.7. The molecule has 0 aromatic heterocycles. The SMILES string of the molecule is Cc1ccc(CSc2ccc(C(=O)NNC(=O)c3ccc(SCc4ccccc4C)c([N+](=O)[O-])c3)cc2[N+](=O)[O-])cc1. The molecule has 0 aliphatic carbocycles. The van der Waals surface area contributed by atoms with Crippen molar-refractivity contribution in [3.05, 3.63) is 139 Å². The molecule has 0 saturated heterocycles. The number of hydrazine groups is 1. The number of carbonyl (C=O) groups is 2. The molecule has 4 rings (SSSR count). The van der Waals surface area contributed by atoms with E-state index in [4.69, 9.17) is 0 Å². The molecule has 0 aliphatic rings. The van der Waals surface area contributed by atoms with E-state index in [1.54, 1.807) is 0 Å². The number of hydrogen-bond donors (Lipinski definition) is 2. The zero-order valence-electron chi connectivity index (χ0n) is 22.7. The Morgan fingerprint density at radius 2 is 1.19 bits per heavy atom. The van der Waals surface area contributed by atoms with Gasteiger partial charge in [-0.05, 0) is 54.8 Å². The number of hydrogen-bond acceptors (Lipinski definition) is 8. The van der Waals surface area contributed by atoms with Gasteiger partial charge in [-0.3, -0.25) is 40.7 Å². The Hall–Kier alpha value is -4.68. The first-order chi connectivity index (χ1) is 20.1. The third-order valence-corrected chi connectivity index (χ3v) is 8.53. The van der Waals surface area contributed by atoms with Crippen molar-refractivity contribution in [1.29, 1.82) is 0 Å². The van der Waals surface area contributed by atoms with Gasteiger partial charge in [-0.25, -0.2) is 0 Å². The van der Waals surface area contributed by atoms with Crippen LogP contribution < -0.4 is 10.9 Å². The van der Waals surface area contributed by atoms with Gasteiger partial charge in [0.2, 0.25) is 0 Å². The zero-order valence-corrected chi connectivity index (χ0v) is 24.3. The maximum atomic E-state index is 12.7. The third-order valence-electron chi connectivity index (χ3n) is 6.28. The molecule has 42 heavy (non-hydrogen) atoms. The van der Waals surface area contributed by atoms with E-state index in [2.05, 4.69) is 10.9 Å². The smallest absolute Gasteiger partial charge is 0.267 e. The second-order valence-corrected chi connectivity index (χ2v) is 11.3. The van der Waals surface area contributed by atoms with Crippen LogP contribution in [-0.2, 0) is 11.5 Å². The number of rotatable bonds is 10. The highest BCUT2D eigenvalue weighted by Gasteiger charge is 2.21. The molecule has 0 fully saturated rings. The van der Waals surface area contributed by atoms with E-state index >= 15 is 0 Å². The van der Waals surface area contributed by atoms with E-state index in [1.807, 2.05) is 62.4 Å². The summed E-state index contributed by atoms with van der Waals surface area (Å²) in [5.41, 5.74) is 8.13. The van der Waals surface area contributed by atoms with Crippen LogP contribution in [-0.4, -0.2) is 21.7 Å². The van der Waals surface area contributed by atoms with Gasteiger partial charge >= 0.3 is 0 Å². The first kappa shape index (κ1) is 30.3. The molecule has 0 unspecified atom stereocenters. The summed E-state index contributed by atoms with van der Waals surface area (Å²) in [4.78, 5) is 48.5. The number of carbonyl (C=O) groups excluding carboxylic acids is 2. The van der Waals surface area contributed by atoms with Crippen LogP contribution in [0.2, 0.25) is 0 Å². The van der Waals surface area contributed by atoms with Crippen molar-refractivity contribution in [2.24, 2.45) is 0 Å². The number of amides is 2. The molecule has 0 bridgehead atoms. The second kappa shape index (κ2) is 13.8. The number of aryl methyl sites for hydroxylation is 2. The number of thioether (sulfide) groups is 2. The summed E-state index contributed by atoms with van der Waals surface area (Å²) < 4.78 is 0. The van der Waals surface area contributed by atoms with Gasteiger partial charge in [0, 0.05) is 34.8 Å². The Bertz CT molecular complexity index is 1660. The molecule has 0 saturated carbocycles. The molecule has 4 aromatic carbocycles. The van der Waals surface area contributed by atoms with Gasteiger partial charge in [0.25, 0.3) is 23.2 Å². The van der Waals surface area contributed by atoms with Crippen LogP contribution in [0, 0.1) is 34.1 Å². The van der Waals surface area contributed by atoms with E-state index in [9.17, 15) is 29.8 Å². The number of nitrogens with one attached hydrogen (secondary N) is 2. The van der Waals surface area contributed by atoms with Crippen molar-refractivity contribution >= 4 is 46.7 Å². The van der Waals surface area contributed by atoms with Crippen molar-refractivity contribution < 1.29 is 19.4 Å². The fraction of sp³-hybridized carbons (Fsp3) is 0.133. The van der Waals surface area contributed by atoms with Crippen molar-refractivity contribution in [2.75, 3.05) is 0 Å². The molecule has 2 N–H and O–H groups in total. The Morgan fingerprint density at radius 1 is 0.690 bits per heavy atom. The fourth-order valence-electron chi connectivity index (χ4n) is 3.88. The van der Waals surface area contributed by atoms with Gasteiger partial charge in [0.1, 0.15) is 0 Å². The highest BCUT2D eigenvalue weighted by Crippen LogP contribution is 2.34. The maximum Gasteiger partial charge on any atom is 0.283 e. The van der Waals surface area contributed by atoms with E-state index in [1.165, 1.54) is 47.8 Å². The van der Waals surface area contributed by atoms with Crippen LogP contribution in [0.3, 0.4) is 0 Å². The zero-order chi connectivity index (χ0) is 30.2. The molecule has 0 radical (unpaired) electrons. The fourth-order valence-corrected chi connectivity index (χ4v) is 5.92. The number of nitro benzene ring substituents is 2. The Labute approximate surface area is 250 Å². The lowest BCUT2D eigenvalue weighted by molar-refractivity contribution is -0.387. The normalized spacial score (nSPS) is 10.6. The van der Waals surface area contributed by atoms with Crippen LogP contribution in [0.15, 0.2) is 94.7 Å². The number of nitro groups is 2. The molecule has 214 valence electrons. The van der Waals surface area contributed by atoms with Crippen molar-refractivity contribution in [2.45, 2.75) is 35.1 Å². The molecule has 0 spiro atoms. The number of nitrogens with zero attached hydrogens (tertiary/aromatic N) is 2. The molecule has 10 nitrogen and oxygen atoms in total. The molecule has 12 heteroatoms. The topological polar surface area (TPSA) is 144 Å². The lowest BCUT2D eigenvalue weighted by Gasteiger charge is -2.10. The predicted octanol–water partition coefficient (Wildman–Crippen LogP) is 6.78. The second-order valence-electron chi connectivity index (χ2n) is 9.28. The summed E-state index contributed by atoms with van der Waals surface area (Å²) in [5, 5.41) is 23.4. The first-order valence-electron chi connectivity index (χ1n) is 12.7. The minimum Gasteiger partial charge on any atom is -0.267 e. The van der Waals surface area contributed by atoms with E-state index in [0.717, 1.165) is 34.4 Å². The quantitative estimate of drug-likeness (QED) is 0.115. The summed E-state index contributed by atoms with van der Waals surface area (Å²) in [6.07, 6.45) is 0. The maximum absolute atomic E-state index is 12.7. The molecule has 2 amide bonds. The van der Waals surface area contributed by atoms with Crippen LogP contribution >= 0.6 is 23.5 Å². The Balaban J connectivity index is 1.40. The highest BCUT2D eigenvalue weighted by molar-refractivity contribution is 7.99. The van der Waals surface area contributed by atoms with Crippen molar-refractivity contribution in [1.82, 2.24) is 10.9 Å². The van der Waals surface area contributed by atoms with Gasteiger partial charge in [-0.1, -0.05) is 54.1 Å². The molecule has 4 aromatic rings. The van der Waals surface area contributed by atoms with Crippen LogP contribution in [0.4, 0.5) is 11.4 Å². The van der Waals surface area contributed by atoms with Crippen molar-refractivity contribution in [3.8, 4) is 0 Å². The van der Waals surface area contributed by atoms with E-state index in [-0.39, 0.29) is 22.5 Å². The summed E-state index contributed by atoms with van der Waals surface area (Å²) in [5.74, 6) is -0.522. The lowest BCUT2D eigenvalue weighted by Crippen LogP contribution is -2.41. The van der Waals surface area contributed by atoms with E-state index in [0.29, 0.717) is 21.3 Å². The molecular weight excluding hydrogens is 576 g/mol. The summed E-state index contributed by atoms with van der Waals surface area (Å²) in [6.45, 7) is 3.94. The largest absolute Gasteiger partial charge is 0.283 e. The van der Waals surface area contributed by atoms with Crippen LogP contribution in [0.5, 0.6) is 0 Å².